The van der Waals surface area contributed by atoms with E-state index in [1.807, 2.05) is 0 Å². The number of nitrogens with one attached hydrogen (secondary N) is 1. The zero-order valence-corrected chi connectivity index (χ0v) is 10.9. The number of hydrogen-bond acceptors (Lipinski definition) is 3. The summed E-state index contributed by atoms with van der Waals surface area (Å²) < 4.78 is 13.9. The van der Waals surface area contributed by atoms with Crippen LogP contribution >= 0.6 is 0 Å². The molecule has 0 radical (unpaired) electrons. The van der Waals surface area contributed by atoms with E-state index in [0.717, 1.165) is 4.57 Å². The zero-order valence-electron chi connectivity index (χ0n) is 10.9. The minimum absolute atomic E-state index is 0.200. The number of nitrogens with zero attached hydrogens (tertiary/aromatic N) is 1. The molecule has 0 saturated carbocycles. The number of halogens is 1. The number of rotatable bonds is 4. The maximum Gasteiger partial charge on any atom is 0.328 e. The summed E-state index contributed by atoms with van der Waals surface area (Å²) in [4.78, 5) is 37.2. The molecule has 20 heavy (non-hydrogen) atoms. The molecule has 6 heteroatoms. The van der Waals surface area contributed by atoms with Gasteiger partial charge >= 0.3 is 5.69 Å². The lowest BCUT2D eigenvalue weighted by Crippen LogP contribution is -2.33. The Kier molecular flexibility index (Phi) is 3.93. The number of H-pyrrole nitrogens is 1. The molecule has 0 amide bonds. The Balaban J connectivity index is 2.30. The monoisotopic (exact) mass is 276 g/mol. The van der Waals surface area contributed by atoms with Gasteiger partial charge < -0.3 is 0 Å². The summed E-state index contributed by atoms with van der Waals surface area (Å²) in [6.45, 7) is 1.58. The fourth-order valence-electron chi connectivity index (χ4n) is 1.81. The summed E-state index contributed by atoms with van der Waals surface area (Å²) in [6.07, 6.45) is 1.84. The van der Waals surface area contributed by atoms with Crippen LogP contribution in [0.5, 0.6) is 0 Å². The molecule has 104 valence electrons. The third-order valence-corrected chi connectivity index (χ3v) is 2.95. The van der Waals surface area contributed by atoms with Gasteiger partial charge in [-0.3, -0.25) is 19.1 Å². The predicted molar refractivity (Wildman–Crippen MR) is 71.4 cm³/mol. The molecule has 2 rings (SSSR count). The van der Waals surface area contributed by atoms with Crippen molar-refractivity contribution in [2.75, 3.05) is 0 Å². The first-order valence-electron chi connectivity index (χ1n) is 6.12. The first kappa shape index (κ1) is 13.9. The van der Waals surface area contributed by atoms with E-state index in [9.17, 15) is 18.8 Å². The van der Waals surface area contributed by atoms with E-state index in [4.69, 9.17) is 0 Å². The second-order valence-corrected chi connectivity index (χ2v) is 4.33. The van der Waals surface area contributed by atoms with E-state index in [1.54, 1.807) is 6.92 Å². The van der Waals surface area contributed by atoms with E-state index >= 15 is 0 Å². The summed E-state index contributed by atoms with van der Waals surface area (Å²) in [5.41, 5.74) is -0.343. The van der Waals surface area contributed by atoms with Crippen LogP contribution in [-0.4, -0.2) is 15.3 Å². The lowest BCUT2D eigenvalue weighted by Gasteiger charge is -2.06. The summed E-state index contributed by atoms with van der Waals surface area (Å²) >= 11 is 0. The van der Waals surface area contributed by atoms with Gasteiger partial charge in [0.15, 0.2) is 5.78 Å². The van der Waals surface area contributed by atoms with Crippen molar-refractivity contribution >= 4 is 5.78 Å². The molecule has 0 saturated heterocycles. The van der Waals surface area contributed by atoms with Crippen LogP contribution in [0, 0.1) is 5.82 Å². The van der Waals surface area contributed by atoms with E-state index < -0.39 is 17.1 Å². The summed E-state index contributed by atoms with van der Waals surface area (Å²) in [7, 11) is 0. The van der Waals surface area contributed by atoms with E-state index in [1.165, 1.54) is 30.5 Å². The molecule has 5 nitrogen and oxygen atoms in total. The molecule has 0 fully saturated rings. The first-order chi connectivity index (χ1) is 9.51. The highest BCUT2D eigenvalue weighted by Gasteiger charge is 2.10. The maximum atomic E-state index is 12.8. The molecule has 0 unspecified atom stereocenters. The molecule has 0 spiro atoms. The Hall–Kier alpha value is -2.50. The summed E-state index contributed by atoms with van der Waals surface area (Å²) in [6, 6.07) is 5.07. The summed E-state index contributed by atoms with van der Waals surface area (Å²) in [5, 5.41) is 0. The van der Waals surface area contributed by atoms with Gasteiger partial charge in [-0.25, -0.2) is 9.18 Å². The van der Waals surface area contributed by atoms with Gasteiger partial charge in [0.2, 0.25) is 0 Å². The average Bonchev–Trinajstić information content (AvgIpc) is 2.42. The second-order valence-electron chi connectivity index (χ2n) is 4.33. The van der Waals surface area contributed by atoms with Gasteiger partial charge in [0, 0.05) is 17.3 Å². The Morgan fingerprint density at radius 2 is 1.90 bits per heavy atom. The molecular formula is C14H13FN2O3. The van der Waals surface area contributed by atoms with Crippen molar-refractivity contribution in [2.45, 2.75) is 19.9 Å². The van der Waals surface area contributed by atoms with Crippen LogP contribution in [0.2, 0.25) is 0 Å². The number of carbonyl (C=O) groups is 1. The number of aryl methyl sites for hydroxylation is 1. The number of aromatic amines is 1. The van der Waals surface area contributed by atoms with Crippen LogP contribution in [0.1, 0.15) is 22.8 Å². The number of ketones is 1. The van der Waals surface area contributed by atoms with Crippen molar-refractivity contribution in [1.82, 2.24) is 9.55 Å². The molecule has 0 aliphatic heterocycles. The smallest absolute Gasteiger partial charge is 0.293 e. The van der Waals surface area contributed by atoms with Gasteiger partial charge in [-0.1, -0.05) is 6.92 Å². The van der Waals surface area contributed by atoms with Gasteiger partial charge in [0.05, 0.1) is 6.54 Å². The van der Waals surface area contributed by atoms with E-state index in [-0.39, 0.29) is 12.3 Å². The van der Waals surface area contributed by atoms with Crippen LogP contribution in [0.3, 0.4) is 0 Å². The van der Waals surface area contributed by atoms with Crippen LogP contribution in [-0.2, 0) is 13.0 Å². The maximum absolute atomic E-state index is 12.8. The van der Waals surface area contributed by atoms with Gasteiger partial charge in [0.1, 0.15) is 5.82 Å². The highest BCUT2D eigenvalue weighted by Crippen LogP contribution is 2.04. The van der Waals surface area contributed by atoms with Gasteiger partial charge in [-0.2, -0.15) is 0 Å². The Morgan fingerprint density at radius 3 is 2.50 bits per heavy atom. The highest BCUT2D eigenvalue weighted by molar-refractivity contribution is 5.95. The molecule has 1 aromatic carbocycles. The predicted octanol–water partition coefficient (Wildman–Crippen LogP) is 1.12. The van der Waals surface area contributed by atoms with Crippen LogP contribution in [0.4, 0.5) is 4.39 Å². The number of hydrogen-bond donors (Lipinski definition) is 1. The van der Waals surface area contributed by atoms with E-state index in [0.29, 0.717) is 17.5 Å². The lowest BCUT2D eigenvalue weighted by atomic mass is 10.1. The molecule has 1 aromatic heterocycles. The topological polar surface area (TPSA) is 71.9 Å². The normalized spacial score (nSPS) is 10.5. The molecule has 1 heterocycles. The number of aromatic nitrogens is 2. The van der Waals surface area contributed by atoms with Crippen LogP contribution < -0.4 is 11.2 Å². The second kappa shape index (κ2) is 5.64. The van der Waals surface area contributed by atoms with Crippen LogP contribution in [0.25, 0.3) is 0 Å². The fraction of sp³-hybridized carbons (Fsp3) is 0.214. The molecule has 1 N–H and O–H groups in total. The first-order valence-corrected chi connectivity index (χ1v) is 6.12. The number of carbonyl (C=O) groups excluding carboxylic acids is 1. The molecule has 2 aromatic rings. The van der Waals surface area contributed by atoms with Gasteiger partial charge in [-0.05, 0) is 30.7 Å². The Labute approximate surface area is 113 Å². The quantitative estimate of drug-likeness (QED) is 0.851. The summed E-state index contributed by atoms with van der Waals surface area (Å²) in [5.74, 6) is -0.766. The SMILES string of the molecule is CCc1cn(CC(=O)c2ccc(F)cc2)c(=O)[nH]c1=O. The van der Waals surface area contributed by atoms with Crippen LogP contribution in [0.15, 0.2) is 40.1 Å². The van der Waals surface area contributed by atoms with Crippen molar-refractivity contribution < 1.29 is 9.18 Å². The average molecular weight is 276 g/mol. The molecular weight excluding hydrogens is 263 g/mol. The van der Waals surface area contributed by atoms with Gasteiger partial charge in [-0.15, -0.1) is 0 Å². The standard InChI is InChI=1S/C14H13FN2O3/c1-2-9-7-17(14(20)16-13(9)19)8-12(18)10-3-5-11(15)6-4-10/h3-7H,2,8H2,1H3,(H,16,19,20). The number of benzene rings is 1. The minimum atomic E-state index is -0.636. The largest absolute Gasteiger partial charge is 0.328 e. The third kappa shape index (κ3) is 2.90. The van der Waals surface area contributed by atoms with Crippen molar-refractivity contribution in [3.8, 4) is 0 Å². The zero-order chi connectivity index (χ0) is 14.7. The molecule has 0 bridgehead atoms. The number of Topliss-reactive ketones (excluding diaryl/α,β-unsaturated/α-hetero) is 1. The molecule has 0 aliphatic rings. The third-order valence-electron chi connectivity index (χ3n) is 2.95. The van der Waals surface area contributed by atoms with Crippen molar-refractivity contribution in [3.05, 3.63) is 68.2 Å². The van der Waals surface area contributed by atoms with Crippen molar-refractivity contribution in [1.29, 1.82) is 0 Å². The van der Waals surface area contributed by atoms with Crippen molar-refractivity contribution in [3.63, 3.8) is 0 Å². The fourth-order valence-corrected chi connectivity index (χ4v) is 1.81. The Bertz CT molecular complexity index is 744. The molecule has 0 atom stereocenters. The minimum Gasteiger partial charge on any atom is -0.293 e. The molecule has 0 aliphatic carbocycles. The van der Waals surface area contributed by atoms with Gasteiger partial charge in [0.25, 0.3) is 5.56 Å². The Morgan fingerprint density at radius 1 is 1.25 bits per heavy atom. The highest BCUT2D eigenvalue weighted by atomic mass is 19.1. The van der Waals surface area contributed by atoms with Crippen molar-refractivity contribution in [2.24, 2.45) is 0 Å². The van der Waals surface area contributed by atoms with E-state index in [2.05, 4.69) is 4.98 Å². The lowest BCUT2D eigenvalue weighted by molar-refractivity contribution is 0.0970.